The number of likely N-dealkylation sites (tertiary alicyclic amines) is 1. The van der Waals surface area contributed by atoms with Gasteiger partial charge in [-0.1, -0.05) is 11.6 Å². The Bertz CT molecular complexity index is 1090. The summed E-state index contributed by atoms with van der Waals surface area (Å²) in [5, 5.41) is 8.12. The van der Waals surface area contributed by atoms with Crippen LogP contribution in [0, 0.1) is 6.92 Å². The molecule has 3 aromatic rings. The summed E-state index contributed by atoms with van der Waals surface area (Å²) >= 11 is 6.35. The molecule has 152 valence electrons. The molecule has 2 aromatic heterocycles. The van der Waals surface area contributed by atoms with Gasteiger partial charge in [0.25, 0.3) is 5.91 Å². The fourth-order valence-electron chi connectivity index (χ4n) is 3.81. The van der Waals surface area contributed by atoms with E-state index >= 15 is 0 Å². The number of carbonyl (C=O) groups is 1. The number of carbonyl (C=O) groups excluding carboxylic acids is 1. The van der Waals surface area contributed by atoms with Gasteiger partial charge in [-0.2, -0.15) is 5.10 Å². The minimum atomic E-state index is -0.704. The van der Waals surface area contributed by atoms with Gasteiger partial charge < -0.3 is 14.1 Å². The van der Waals surface area contributed by atoms with Crippen LogP contribution >= 0.6 is 11.6 Å². The Labute approximate surface area is 172 Å². The third-order valence-electron chi connectivity index (χ3n) is 5.42. The van der Waals surface area contributed by atoms with E-state index in [0.717, 1.165) is 29.5 Å². The largest absolute Gasteiger partial charge is 0.479 e. The van der Waals surface area contributed by atoms with Crippen LogP contribution in [0.25, 0.3) is 11.0 Å². The average Bonchev–Trinajstić information content (AvgIpc) is 3.23. The molecule has 1 fully saturated rings. The quantitative estimate of drug-likeness (QED) is 0.657. The molecule has 1 saturated heterocycles. The maximum absolute atomic E-state index is 12.8. The molecule has 0 bridgehead atoms. The van der Waals surface area contributed by atoms with Crippen molar-refractivity contribution in [2.45, 2.75) is 38.7 Å². The lowest BCUT2D eigenvalue weighted by molar-refractivity contribution is -0.139. The molecular formula is C21H22ClN3O4. The highest BCUT2D eigenvalue weighted by Crippen LogP contribution is 2.32. The van der Waals surface area contributed by atoms with Gasteiger partial charge in [-0.25, -0.2) is 4.79 Å². The maximum atomic E-state index is 12.8. The molecule has 1 aromatic carbocycles. The van der Waals surface area contributed by atoms with E-state index in [1.54, 1.807) is 25.3 Å². The molecule has 1 N–H and O–H groups in total. The second-order valence-corrected chi connectivity index (χ2v) is 7.81. The van der Waals surface area contributed by atoms with Gasteiger partial charge in [0.05, 0.1) is 5.02 Å². The highest BCUT2D eigenvalue weighted by Gasteiger charge is 2.28. The third-order valence-corrected chi connectivity index (χ3v) is 5.72. The fourth-order valence-corrected chi connectivity index (χ4v) is 4.02. The molecule has 1 amide bonds. The van der Waals surface area contributed by atoms with E-state index < -0.39 is 11.7 Å². The number of nitrogens with zero attached hydrogens (tertiary/aromatic N) is 2. The summed E-state index contributed by atoms with van der Waals surface area (Å²) < 4.78 is 11.1. The van der Waals surface area contributed by atoms with Crippen LogP contribution in [0.1, 0.15) is 36.9 Å². The summed E-state index contributed by atoms with van der Waals surface area (Å²) in [7, 11) is 0. The number of nitrogens with one attached hydrogen (secondary N) is 1. The summed E-state index contributed by atoms with van der Waals surface area (Å²) in [4.78, 5) is 26.3. The Hall–Kier alpha value is -2.80. The van der Waals surface area contributed by atoms with Gasteiger partial charge in [-0.15, -0.1) is 0 Å². The van der Waals surface area contributed by atoms with Crippen LogP contribution in [0.5, 0.6) is 5.75 Å². The Morgan fingerprint density at radius 1 is 1.34 bits per heavy atom. The van der Waals surface area contributed by atoms with Crippen molar-refractivity contribution in [2.24, 2.45) is 0 Å². The number of benzene rings is 1. The summed E-state index contributed by atoms with van der Waals surface area (Å²) in [6.45, 7) is 4.84. The van der Waals surface area contributed by atoms with Gasteiger partial charge in [0.2, 0.25) is 0 Å². The van der Waals surface area contributed by atoms with Crippen molar-refractivity contribution >= 4 is 28.5 Å². The highest BCUT2D eigenvalue weighted by atomic mass is 35.5. The lowest BCUT2D eigenvalue weighted by Crippen LogP contribution is -2.44. The number of rotatable bonds is 4. The third kappa shape index (κ3) is 4.00. The lowest BCUT2D eigenvalue weighted by Gasteiger charge is -2.33. The summed E-state index contributed by atoms with van der Waals surface area (Å²) in [6, 6.07) is 6.66. The van der Waals surface area contributed by atoms with Crippen molar-refractivity contribution in [3.05, 3.63) is 57.2 Å². The lowest BCUT2D eigenvalue weighted by atomic mass is 9.93. The SMILES string of the molecule is Cc1cc(=O)oc2cc(OC(C)C(=O)N3CCC(c4ccn[nH]4)CC3)c(Cl)cc12. The first kappa shape index (κ1) is 19.5. The molecule has 1 unspecified atom stereocenters. The van der Waals surface area contributed by atoms with Crippen molar-refractivity contribution in [3.63, 3.8) is 0 Å². The normalized spacial score (nSPS) is 16.2. The predicted molar refractivity (Wildman–Crippen MR) is 109 cm³/mol. The van der Waals surface area contributed by atoms with Crippen molar-refractivity contribution in [2.75, 3.05) is 13.1 Å². The molecule has 0 saturated carbocycles. The van der Waals surface area contributed by atoms with E-state index in [-0.39, 0.29) is 5.91 Å². The van der Waals surface area contributed by atoms with Crippen LogP contribution in [-0.2, 0) is 4.79 Å². The molecule has 29 heavy (non-hydrogen) atoms. The number of fused-ring (bicyclic) bond motifs is 1. The summed E-state index contributed by atoms with van der Waals surface area (Å²) in [6.07, 6.45) is 2.80. The first-order chi connectivity index (χ1) is 13.9. The smallest absolute Gasteiger partial charge is 0.336 e. The average molecular weight is 416 g/mol. The predicted octanol–water partition coefficient (Wildman–Crippen LogP) is 3.65. The first-order valence-electron chi connectivity index (χ1n) is 9.61. The highest BCUT2D eigenvalue weighted by molar-refractivity contribution is 6.32. The number of ether oxygens (including phenoxy) is 1. The number of amides is 1. The van der Waals surface area contributed by atoms with E-state index in [2.05, 4.69) is 10.2 Å². The maximum Gasteiger partial charge on any atom is 0.336 e. The number of aromatic nitrogens is 2. The Kier molecular flexibility index (Phi) is 5.32. The number of hydrogen-bond donors (Lipinski definition) is 1. The molecular weight excluding hydrogens is 394 g/mol. The number of aromatic amines is 1. The van der Waals surface area contributed by atoms with Crippen LogP contribution in [-0.4, -0.2) is 40.2 Å². The molecule has 0 spiro atoms. The van der Waals surface area contributed by atoms with Crippen molar-refractivity contribution < 1.29 is 13.9 Å². The molecule has 0 radical (unpaired) electrons. The number of aryl methyl sites for hydroxylation is 1. The van der Waals surface area contributed by atoms with Crippen LogP contribution in [0.4, 0.5) is 0 Å². The van der Waals surface area contributed by atoms with Gasteiger partial charge in [0.15, 0.2) is 6.10 Å². The van der Waals surface area contributed by atoms with E-state index in [0.29, 0.717) is 35.4 Å². The zero-order valence-corrected chi connectivity index (χ0v) is 17.0. The van der Waals surface area contributed by atoms with E-state index in [9.17, 15) is 9.59 Å². The Morgan fingerprint density at radius 3 is 2.79 bits per heavy atom. The minimum absolute atomic E-state index is 0.0880. The van der Waals surface area contributed by atoms with E-state index in [1.807, 2.05) is 17.9 Å². The first-order valence-corrected chi connectivity index (χ1v) is 9.99. The second kappa shape index (κ2) is 7.91. The van der Waals surface area contributed by atoms with Crippen LogP contribution < -0.4 is 10.4 Å². The molecule has 1 atom stereocenters. The molecule has 4 rings (SSSR count). The number of hydrogen-bond acceptors (Lipinski definition) is 5. The number of halogens is 1. The topological polar surface area (TPSA) is 88.4 Å². The molecule has 1 aliphatic heterocycles. The monoisotopic (exact) mass is 415 g/mol. The molecule has 0 aliphatic carbocycles. The van der Waals surface area contributed by atoms with Crippen molar-refractivity contribution in [1.29, 1.82) is 0 Å². The minimum Gasteiger partial charge on any atom is -0.479 e. The van der Waals surface area contributed by atoms with Gasteiger partial charge >= 0.3 is 5.63 Å². The Balaban J connectivity index is 1.45. The van der Waals surface area contributed by atoms with Gasteiger partial charge in [0.1, 0.15) is 11.3 Å². The zero-order valence-electron chi connectivity index (χ0n) is 16.3. The molecule has 8 heteroatoms. The second-order valence-electron chi connectivity index (χ2n) is 7.40. The molecule has 7 nitrogen and oxygen atoms in total. The van der Waals surface area contributed by atoms with Crippen molar-refractivity contribution in [3.8, 4) is 5.75 Å². The standard InChI is InChI=1S/C21H22ClN3O4/c1-12-9-20(26)29-18-11-19(16(22)10-15(12)18)28-13(2)21(27)25-7-4-14(5-8-25)17-3-6-23-24-17/h3,6,9-11,13-14H,4-5,7-8H2,1-2H3,(H,23,24). The summed E-state index contributed by atoms with van der Waals surface area (Å²) in [5.74, 6) is 0.620. The van der Waals surface area contributed by atoms with Gasteiger partial charge in [-0.3, -0.25) is 9.89 Å². The number of piperidine rings is 1. The zero-order chi connectivity index (χ0) is 20.5. The van der Waals surface area contributed by atoms with Gasteiger partial charge in [0, 0.05) is 48.4 Å². The van der Waals surface area contributed by atoms with Crippen LogP contribution in [0.2, 0.25) is 5.02 Å². The van der Waals surface area contributed by atoms with Crippen molar-refractivity contribution in [1.82, 2.24) is 15.1 Å². The van der Waals surface area contributed by atoms with Gasteiger partial charge in [-0.05, 0) is 44.4 Å². The van der Waals surface area contributed by atoms with Crippen LogP contribution in [0.15, 0.2) is 39.7 Å². The fraction of sp³-hybridized carbons (Fsp3) is 0.381. The van der Waals surface area contributed by atoms with E-state index in [1.165, 1.54) is 6.07 Å². The molecule has 1 aliphatic rings. The van der Waals surface area contributed by atoms with E-state index in [4.69, 9.17) is 20.8 Å². The molecule has 3 heterocycles. The number of H-pyrrole nitrogens is 1. The van der Waals surface area contributed by atoms with Crippen LogP contribution in [0.3, 0.4) is 0 Å². The summed E-state index contributed by atoms with van der Waals surface area (Å²) in [5.41, 5.74) is 1.83. The Morgan fingerprint density at radius 2 is 2.10 bits per heavy atom.